The molecule has 0 aliphatic rings. The van der Waals surface area contributed by atoms with Crippen molar-refractivity contribution in [2.75, 3.05) is 24.2 Å². The first-order valence-corrected chi connectivity index (χ1v) is 9.28. The minimum atomic E-state index is -0.206. The Balaban J connectivity index is 0.000000336. The molecule has 0 aromatic heterocycles. The fourth-order valence-electron chi connectivity index (χ4n) is 2.09. The van der Waals surface area contributed by atoms with Crippen molar-refractivity contribution in [3.05, 3.63) is 85.2 Å². The Kier molecular flexibility index (Phi) is 10.9. The monoisotopic (exact) mass is 398 g/mol. The molecule has 2 rings (SSSR count). The molecule has 3 N–H and O–H groups in total. The van der Waals surface area contributed by atoms with Crippen LogP contribution < -0.4 is 10.0 Å². The van der Waals surface area contributed by atoms with E-state index in [4.69, 9.17) is 9.29 Å². The number of ketones is 1. The van der Waals surface area contributed by atoms with Crippen LogP contribution in [0.2, 0.25) is 0 Å². The Hall–Kier alpha value is -2.96. The molecule has 6 heteroatoms. The van der Waals surface area contributed by atoms with Gasteiger partial charge in [-0.2, -0.15) is 0 Å². The zero-order chi connectivity index (χ0) is 20.8. The van der Waals surface area contributed by atoms with Gasteiger partial charge in [0.15, 0.2) is 5.78 Å². The van der Waals surface area contributed by atoms with E-state index in [-0.39, 0.29) is 5.78 Å². The molecule has 0 bridgehead atoms. The van der Waals surface area contributed by atoms with Crippen molar-refractivity contribution >= 4 is 29.4 Å². The van der Waals surface area contributed by atoms with Crippen molar-refractivity contribution < 1.29 is 14.1 Å². The Labute approximate surface area is 171 Å². The maximum atomic E-state index is 10.8. The van der Waals surface area contributed by atoms with Gasteiger partial charge in [0.1, 0.15) is 12.2 Å². The maximum absolute atomic E-state index is 10.8. The highest BCUT2D eigenvalue weighted by atomic mass is 32.2. The number of hydrogen-bond acceptors (Lipinski definition) is 6. The summed E-state index contributed by atoms with van der Waals surface area (Å²) in [6, 6.07) is 16.6. The van der Waals surface area contributed by atoms with Crippen LogP contribution in [-0.2, 0) is 8.98 Å². The highest BCUT2D eigenvalue weighted by molar-refractivity contribution is 7.96. The summed E-state index contributed by atoms with van der Waals surface area (Å²) < 4.78 is 8.06. The molecule has 148 valence electrons. The SMILES string of the molecule is C=C/C=C\C(=O)/C(C)=C\O.CNc1cc(-c2ccccc2)ccc1NSOC. The van der Waals surface area contributed by atoms with E-state index in [1.54, 1.807) is 7.11 Å². The van der Waals surface area contributed by atoms with E-state index in [0.29, 0.717) is 5.57 Å². The average Bonchev–Trinajstić information content (AvgIpc) is 2.76. The van der Waals surface area contributed by atoms with Crippen LogP contribution >= 0.6 is 12.2 Å². The number of aliphatic hydroxyl groups is 1. The highest BCUT2D eigenvalue weighted by Gasteiger charge is 2.04. The van der Waals surface area contributed by atoms with Crippen molar-refractivity contribution in [3.63, 3.8) is 0 Å². The molecule has 0 spiro atoms. The van der Waals surface area contributed by atoms with Crippen LogP contribution in [0, 0.1) is 0 Å². The summed E-state index contributed by atoms with van der Waals surface area (Å²) in [6.45, 7) is 4.93. The van der Waals surface area contributed by atoms with Gasteiger partial charge in [0.2, 0.25) is 0 Å². The smallest absolute Gasteiger partial charge is 0.184 e. The molecule has 5 nitrogen and oxygen atoms in total. The first-order valence-electron chi connectivity index (χ1n) is 8.54. The Morgan fingerprint density at radius 1 is 1.14 bits per heavy atom. The van der Waals surface area contributed by atoms with Gasteiger partial charge in [0.25, 0.3) is 0 Å². The van der Waals surface area contributed by atoms with E-state index in [1.807, 2.05) is 31.3 Å². The van der Waals surface area contributed by atoms with Crippen LogP contribution in [-0.4, -0.2) is 25.0 Å². The summed E-state index contributed by atoms with van der Waals surface area (Å²) in [6.07, 6.45) is 5.16. The molecule has 28 heavy (non-hydrogen) atoms. The van der Waals surface area contributed by atoms with Crippen LogP contribution in [0.5, 0.6) is 0 Å². The van der Waals surface area contributed by atoms with E-state index in [1.165, 1.54) is 48.5 Å². The molecule has 0 saturated heterocycles. The largest absolute Gasteiger partial charge is 0.515 e. The zero-order valence-electron chi connectivity index (χ0n) is 16.3. The lowest BCUT2D eigenvalue weighted by Crippen LogP contribution is -1.96. The molecule has 0 fully saturated rings. The minimum absolute atomic E-state index is 0.206. The number of rotatable bonds is 8. The average molecular weight is 399 g/mol. The van der Waals surface area contributed by atoms with Crippen LogP contribution in [0.15, 0.2) is 85.2 Å². The molecule has 0 atom stereocenters. The summed E-state index contributed by atoms with van der Waals surface area (Å²) in [5.74, 6) is -0.206. The van der Waals surface area contributed by atoms with Crippen LogP contribution in [0.1, 0.15) is 6.92 Å². The third-order valence-electron chi connectivity index (χ3n) is 3.60. The molecule has 0 saturated carbocycles. The van der Waals surface area contributed by atoms with Crippen LogP contribution in [0.4, 0.5) is 11.4 Å². The highest BCUT2D eigenvalue weighted by Crippen LogP contribution is 2.30. The van der Waals surface area contributed by atoms with Gasteiger partial charge in [-0.25, -0.2) is 0 Å². The molecule has 0 aliphatic heterocycles. The molecule has 0 radical (unpaired) electrons. The lowest BCUT2D eigenvalue weighted by atomic mass is 10.0. The fraction of sp³-hybridized carbons (Fsp3) is 0.136. The van der Waals surface area contributed by atoms with Gasteiger partial charge in [-0.3, -0.25) is 4.79 Å². The molecule has 0 unspecified atom stereocenters. The van der Waals surface area contributed by atoms with E-state index in [2.05, 4.69) is 40.9 Å². The van der Waals surface area contributed by atoms with Gasteiger partial charge in [-0.05, 0) is 36.3 Å². The quantitative estimate of drug-likeness (QED) is 0.172. The van der Waals surface area contributed by atoms with E-state index in [0.717, 1.165) is 17.6 Å². The number of anilines is 2. The van der Waals surface area contributed by atoms with Gasteiger partial charge in [-0.15, -0.1) is 0 Å². The lowest BCUT2D eigenvalue weighted by Gasteiger charge is -2.12. The summed E-state index contributed by atoms with van der Waals surface area (Å²) in [5.41, 5.74) is 4.76. The molecular formula is C22H26N2O3S. The van der Waals surface area contributed by atoms with Crippen LogP contribution in [0.3, 0.4) is 0 Å². The number of nitrogens with one attached hydrogen (secondary N) is 2. The summed E-state index contributed by atoms with van der Waals surface area (Å²) in [4.78, 5) is 10.8. The van der Waals surface area contributed by atoms with Crippen molar-refractivity contribution in [1.82, 2.24) is 0 Å². The van der Waals surface area contributed by atoms with Crippen LogP contribution in [0.25, 0.3) is 11.1 Å². The van der Waals surface area contributed by atoms with Gasteiger partial charge in [0, 0.05) is 12.6 Å². The Morgan fingerprint density at radius 2 is 1.86 bits per heavy atom. The first-order chi connectivity index (χ1) is 13.6. The van der Waals surface area contributed by atoms with E-state index < -0.39 is 0 Å². The van der Waals surface area contributed by atoms with Crippen molar-refractivity contribution in [3.8, 4) is 11.1 Å². The summed E-state index contributed by atoms with van der Waals surface area (Å²) in [7, 11) is 3.54. The van der Waals surface area contributed by atoms with Gasteiger partial charge in [0.05, 0.1) is 24.7 Å². The molecular weight excluding hydrogens is 372 g/mol. The van der Waals surface area contributed by atoms with E-state index >= 15 is 0 Å². The van der Waals surface area contributed by atoms with Crippen molar-refractivity contribution in [1.29, 1.82) is 0 Å². The molecule has 0 amide bonds. The van der Waals surface area contributed by atoms with E-state index in [9.17, 15) is 4.79 Å². The Morgan fingerprint density at radius 3 is 2.43 bits per heavy atom. The minimum Gasteiger partial charge on any atom is -0.515 e. The normalized spacial score (nSPS) is 10.8. The second kappa shape index (κ2) is 13.2. The fourth-order valence-corrected chi connectivity index (χ4v) is 2.44. The zero-order valence-corrected chi connectivity index (χ0v) is 17.1. The van der Waals surface area contributed by atoms with Gasteiger partial charge >= 0.3 is 0 Å². The summed E-state index contributed by atoms with van der Waals surface area (Å²) >= 11 is 1.20. The number of benzene rings is 2. The number of carbonyl (C=O) groups excluding carboxylic acids is 1. The predicted octanol–water partition coefficient (Wildman–Crippen LogP) is 5.78. The predicted molar refractivity (Wildman–Crippen MR) is 120 cm³/mol. The lowest BCUT2D eigenvalue weighted by molar-refractivity contribution is -0.111. The third-order valence-corrected chi connectivity index (χ3v) is 4.07. The Bertz CT molecular complexity index is 818. The number of hydrogen-bond donors (Lipinski definition) is 3. The number of carbonyl (C=O) groups is 1. The molecule has 2 aromatic carbocycles. The second-order valence-electron chi connectivity index (χ2n) is 5.50. The summed E-state index contributed by atoms with van der Waals surface area (Å²) in [5, 5.41) is 11.5. The molecule has 0 aliphatic carbocycles. The van der Waals surface area contributed by atoms with Gasteiger partial charge < -0.3 is 19.3 Å². The first kappa shape index (κ1) is 23.1. The topological polar surface area (TPSA) is 70.6 Å². The standard InChI is InChI=1S/C14H16N2OS.C8H10O2/c1-15-14-10-12(11-6-4-3-5-7-11)8-9-13(14)16-18-17-2;1-3-4-5-8(10)7(2)6-9/h3-10,15-16H,1-2H3;3-6,9H,1H2,2H3/b;5-4-,7-6-. The molecule has 2 aromatic rings. The number of allylic oxidation sites excluding steroid dienone is 4. The van der Waals surface area contributed by atoms with Gasteiger partial charge in [-0.1, -0.05) is 55.1 Å². The molecule has 0 heterocycles. The maximum Gasteiger partial charge on any atom is 0.184 e. The van der Waals surface area contributed by atoms with Crippen molar-refractivity contribution in [2.24, 2.45) is 0 Å². The third kappa shape index (κ3) is 7.73. The number of aliphatic hydroxyl groups excluding tert-OH is 1. The van der Waals surface area contributed by atoms with Crippen molar-refractivity contribution in [2.45, 2.75) is 6.92 Å². The second-order valence-corrected chi connectivity index (χ2v) is 6.20.